The number of nitrogens with zero attached hydrogens (tertiary/aromatic N) is 2. The molecule has 3 aromatic rings. The fourth-order valence-corrected chi connectivity index (χ4v) is 2.55. The Balaban J connectivity index is 2.11. The highest BCUT2D eigenvalue weighted by Crippen LogP contribution is 2.33. The van der Waals surface area contributed by atoms with Gasteiger partial charge < -0.3 is 5.32 Å². The maximum Gasteiger partial charge on any atom is 0.416 e. The Kier molecular flexibility index (Phi) is 4.32. The summed E-state index contributed by atoms with van der Waals surface area (Å²) in [6, 6.07) is 8.38. The predicted molar refractivity (Wildman–Crippen MR) is 88.7 cm³/mol. The van der Waals surface area contributed by atoms with E-state index in [1.807, 2.05) is 6.92 Å². The van der Waals surface area contributed by atoms with Crippen LogP contribution in [0.2, 0.25) is 5.15 Å². The van der Waals surface area contributed by atoms with Crippen molar-refractivity contribution in [1.29, 1.82) is 0 Å². The van der Waals surface area contributed by atoms with Crippen LogP contribution in [-0.2, 0) is 12.6 Å². The SMILES string of the molecule is CCc1cnc2ccc(Cl)nc2c1Nc1cccc(C(F)(F)F)c1. The molecule has 3 nitrogen and oxygen atoms in total. The molecule has 7 heteroatoms. The fourth-order valence-electron chi connectivity index (χ4n) is 2.41. The maximum absolute atomic E-state index is 12.9. The Morgan fingerprint density at radius 1 is 1.17 bits per heavy atom. The summed E-state index contributed by atoms with van der Waals surface area (Å²) in [5, 5.41) is 3.34. The molecule has 0 spiro atoms. The van der Waals surface area contributed by atoms with E-state index >= 15 is 0 Å². The molecule has 1 N–H and O–H groups in total. The van der Waals surface area contributed by atoms with Gasteiger partial charge in [-0.25, -0.2) is 4.98 Å². The Labute approximate surface area is 141 Å². The number of anilines is 2. The van der Waals surface area contributed by atoms with Crippen molar-refractivity contribution in [3.05, 3.63) is 58.9 Å². The monoisotopic (exact) mass is 351 g/mol. The van der Waals surface area contributed by atoms with E-state index in [1.165, 1.54) is 6.07 Å². The molecule has 0 aliphatic rings. The first-order valence-corrected chi connectivity index (χ1v) is 7.64. The van der Waals surface area contributed by atoms with Gasteiger partial charge in [-0.3, -0.25) is 4.98 Å². The lowest BCUT2D eigenvalue weighted by molar-refractivity contribution is -0.137. The van der Waals surface area contributed by atoms with E-state index < -0.39 is 11.7 Å². The smallest absolute Gasteiger partial charge is 0.353 e. The highest BCUT2D eigenvalue weighted by atomic mass is 35.5. The summed E-state index contributed by atoms with van der Waals surface area (Å²) in [5.74, 6) is 0. The molecule has 2 heterocycles. The average molecular weight is 352 g/mol. The zero-order valence-corrected chi connectivity index (χ0v) is 13.4. The van der Waals surface area contributed by atoms with Crippen molar-refractivity contribution in [3.8, 4) is 0 Å². The second kappa shape index (κ2) is 6.28. The molecule has 124 valence electrons. The summed E-state index contributed by atoms with van der Waals surface area (Å²) in [6.45, 7) is 1.94. The van der Waals surface area contributed by atoms with Crippen LogP contribution < -0.4 is 5.32 Å². The van der Waals surface area contributed by atoms with Gasteiger partial charge in [-0.15, -0.1) is 0 Å². The van der Waals surface area contributed by atoms with Gasteiger partial charge in [0.1, 0.15) is 10.7 Å². The normalized spacial score (nSPS) is 11.7. The quantitative estimate of drug-likeness (QED) is 0.623. The predicted octanol–water partition coefficient (Wildman–Crippen LogP) is 5.61. The first kappa shape index (κ1) is 16.5. The summed E-state index contributed by atoms with van der Waals surface area (Å²) >= 11 is 5.96. The third-order valence-corrected chi connectivity index (χ3v) is 3.81. The van der Waals surface area contributed by atoms with Gasteiger partial charge in [0, 0.05) is 11.9 Å². The minimum atomic E-state index is -4.40. The van der Waals surface area contributed by atoms with Gasteiger partial charge >= 0.3 is 6.18 Å². The molecule has 0 atom stereocenters. The maximum atomic E-state index is 12.9. The van der Waals surface area contributed by atoms with Gasteiger partial charge in [-0.05, 0) is 42.3 Å². The number of aromatic nitrogens is 2. The van der Waals surface area contributed by atoms with Crippen LogP contribution in [0.15, 0.2) is 42.6 Å². The van der Waals surface area contributed by atoms with Crippen molar-refractivity contribution in [2.45, 2.75) is 19.5 Å². The largest absolute Gasteiger partial charge is 0.416 e. The molecule has 0 unspecified atom stereocenters. The van der Waals surface area contributed by atoms with Gasteiger partial charge in [0.2, 0.25) is 0 Å². The summed E-state index contributed by atoms with van der Waals surface area (Å²) in [7, 11) is 0. The summed E-state index contributed by atoms with van der Waals surface area (Å²) in [6.07, 6.45) is -2.06. The second-order valence-electron chi connectivity index (χ2n) is 5.22. The van der Waals surface area contributed by atoms with Gasteiger partial charge in [-0.2, -0.15) is 13.2 Å². The van der Waals surface area contributed by atoms with Crippen LogP contribution in [0.1, 0.15) is 18.1 Å². The molecule has 3 rings (SSSR count). The number of hydrogen-bond donors (Lipinski definition) is 1. The van der Waals surface area contributed by atoms with Crippen molar-refractivity contribution >= 4 is 34.0 Å². The molecule has 1 aromatic carbocycles. The molecule has 2 aromatic heterocycles. The van der Waals surface area contributed by atoms with Crippen molar-refractivity contribution in [2.75, 3.05) is 5.32 Å². The zero-order chi connectivity index (χ0) is 17.3. The van der Waals surface area contributed by atoms with E-state index in [0.717, 1.165) is 17.7 Å². The molecule has 0 saturated heterocycles. The van der Waals surface area contributed by atoms with Crippen LogP contribution >= 0.6 is 11.6 Å². The highest BCUT2D eigenvalue weighted by Gasteiger charge is 2.30. The van der Waals surface area contributed by atoms with Crippen LogP contribution in [0.4, 0.5) is 24.5 Å². The molecule has 0 radical (unpaired) electrons. The second-order valence-corrected chi connectivity index (χ2v) is 5.60. The molecule has 24 heavy (non-hydrogen) atoms. The summed E-state index contributed by atoms with van der Waals surface area (Å²) in [4.78, 5) is 8.58. The van der Waals surface area contributed by atoms with E-state index in [-0.39, 0.29) is 0 Å². The van der Waals surface area contributed by atoms with Gasteiger partial charge in [0.05, 0.1) is 16.8 Å². The van der Waals surface area contributed by atoms with Gasteiger partial charge in [0.25, 0.3) is 0 Å². The molecule has 0 aliphatic heterocycles. The third-order valence-electron chi connectivity index (χ3n) is 3.60. The summed E-state index contributed by atoms with van der Waals surface area (Å²) < 4.78 is 38.7. The number of benzene rings is 1. The molecule has 0 aliphatic carbocycles. The Morgan fingerprint density at radius 2 is 1.96 bits per heavy atom. The minimum Gasteiger partial charge on any atom is -0.353 e. The first-order chi connectivity index (χ1) is 11.4. The number of nitrogens with one attached hydrogen (secondary N) is 1. The fraction of sp³-hybridized carbons (Fsp3) is 0.176. The Hall–Kier alpha value is -2.34. The lowest BCUT2D eigenvalue weighted by atomic mass is 10.1. The molecule has 0 saturated carbocycles. The number of halogens is 4. The third kappa shape index (κ3) is 3.28. The highest BCUT2D eigenvalue weighted by molar-refractivity contribution is 6.29. The average Bonchev–Trinajstić information content (AvgIpc) is 2.55. The Morgan fingerprint density at radius 3 is 2.67 bits per heavy atom. The minimum absolute atomic E-state index is 0.296. The zero-order valence-electron chi connectivity index (χ0n) is 12.7. The molecule has 0 amide bonds. The lowest BCUT2D eigenvalue weighted by Crippen LogP contribution is -2.06. The lowest BCUT2D eigenvalue weighted by Gasteiger charge is -2.15. The number of alkyl halides is 3. The molecular formula is C17H13ClF3N3. The number of hydrogen-bond acceptors (Lipinski definition) is 3. The van der Waals surface area contributed by atoms with Crippen LogP contribution in [0.3, 0.4) is 0 Å². The molecule has 0 fully saturated rings. The Bertz CT molecular complexity index is 894. The van der Waals surface area contributed by atoms with Gasteiger partial charge in [-0.1, -0.05) is 24.6 Å². The van der Waals surface area contributed by atoms with Crippen LogP contribution in [0, 0.1) is 0 Å². The topological polar surface area (TPSA) is 37.8 Å². The number of aryl methyl sites for hydroxylation is 1. The van der Waals surface area contributed by atoms with Crippen LogP contribution in [0.5, 0.6) is 0 Å². The van der Waals surface area contributed by atoms with Crippen molar-refractivity contribution < 1.29 is 13.2 Å². The van der Waals surface area contributed by atoms with E-state index in [4.69, 9.17) is 11.6 Å². The standard InChI is InChI=1S/C17H13ClF3N3/c1-2-10-9-22-13-6-7-14(18)24-16(13)15(10)23-12-5-3-4-11(8-12)17(19,20)21/h3-9H,2H2,1H3,(H,22,23). The van der Waals surface area contributed by atoms with E-state index in [0.29, 0.717) is 34.0 Å². The van der Waals surface area contributed by atoms with Crippen molar-refractivity contribution in [3.63, 3.8) is 0 Å². The van der Waals surface area contributed by atoms with E-state index in [2.05, 4.69) is 15.3 Å². The summed E-state index contributed by atoms with van der Waals surface area (Å²) in [5.41, 5.74) is 2.22. The van der Waals surface area contributed by atoms with Crippen LogP contribution in [-0.4, -0.2) is 9.97 Å². The van der Waals surface area contributed by atoms with Gasteiger partial charge in [0.15, 0.2) is 0 Å². The first-order valence-electron chi connectivity index (χ1n) is 7.27. The van der Waals surface area contributed by atoms with Crippen molar-refractivity contribution in [2.24, 2.45) is 0 Å². The van der Waals surface area contributed by atoms with E-state index in [1.54, 1.807) is 24.4 Å². The molecule has 0 bridgehead atoms. The number of rotatable bonds is 3. The van der Waals surface area contributed by atoms with E-state index in [9.17, 15) is 13.2 Å². The molecular weight excluding hydrogens is 339 g/mol. The number of fused-ring (bicyclic) bond motifs is 1. The van der Waals surface area contributed by atoms with Crippen molar-refractivity contribution in [1.82, 2.24) is 9.97 Å². The number of pyridine rings is 2. The van der Waals surface area contributed by atoms with Crippen LogP contribution in [0.25, 0.3) is 11.0 Å².